The fourth-order valence-electron chi connectivity index (χ4n) is 2.57. The standard InChI is InChI=1S/C14H15NO5/c1-2-20-13(17)9-14(7-12(16)8-14)10-4-3-5-11(6-10)15(18)19/h3-6H,2,7-9H2,1H3. The monoisotopic (exact) mass is 277 g/mol. The van der Waals surface area contributed by atoms with Gasteiger partial charge in [0.1, 0.15) is 5.78 Å². The van der Waals surface area contributed by atoms with E-state index in [4.69, 9.17) is 4.74 Å². The van der Waals surface area contributed by atoms with Crippen LogP contribution in [0.3, 0.4) is 0 Å². The minimum atomic E-state index is -0.643. The van der Waals surface area contributed by atoms with E-state index in [0.29, 0.717) is 5.56 Å². The summed E-state index contributed by atoms with van der Waals surface area (Å²) in [4.78, 5) is 33.4. The number of nitro groups is 1. The van der Waals surface area contributed by atoms with Gasteiger partial charge in [-0.2, -0.15) is 0 Å². The Balaban J connectivity index is 2.29. The van der Waals surface area contributed by atoms with E-state index in [2.05, 4.69) is 0 Å². The summed E-state index contributed by atoms with van der Waals surface area (Å²) in [6, 6.07) is 6.12. The quantitative estimate of drug-likeness (QED) is 0.467. The van der Waals surface area contributed by atoms with Crippen molar-refractivity contribution in [2.24, 2.45) is 0 Å². The molecule has 0 aromatic heterocycles. The van der Waals surface area contributed by atoms with E-state index >= 15 is 0 Å². The van der Waals surface area contributed by atoms with Gasteiger partial charge in [0.2, 0.25) is 0 Å². The lowest BCUT2D eigenvalue weighted by atomic mass is 9.62. The normalized spacial score (nSPS) is 16.4. The van der Waals surface area contributed by atoms with Gasteiger partial charge in [-0.15, -0.1) is 0 Å². The maximum Gasteiger partial charge on any atom is 0.306 e. The predicted octanol–water partition coefficient (Wildman–Crippen LogP) is 2.15. The van der Waals surface area contributed by atoms with Crippen LogP contribution in [0.25, 0.3) is 0 Å². The second-order valence-corrected chi connectivity index (χ2v) is 4.96. The van der Waals surface area contributed by atoms with Gasteiger partial charge in [-0.25, -0.2) is 0 Å². The molecule has 0 bridgehead atoms. The number of hydrogen-bond acceptors (Lipinski definition) is 5. The first-order valence-corrected chi connectivity index (χ1v) is 6.39. The molecule has 0 aliphatic heterocycles. The third kappa shape index (κ3) is 2.68. The molecule has 1 aliphatic rings. The first-order chi connectivity index (χ1) is 9.47. The number of esters is 1. The first kappa shape index (κ1) is 14.2. The number of benzene rings is 1. The summed E-state index contributed by atoms with van der Waals surface area (Å²) in [7, 11) is 0. The van der Waals surface area contributed by atoms with Crippen LogP contribution in [0.1, 0.15) is 31.7 Å². The summed E-state index contributed by atoms with van der Waals surface area (Å²) in [5.74, 6) is -0.327. The zero-order valence-corrected chi connectivity index (χ0v) is 11.1. The second-order valence-electron chi connectivity index (χ2n) is 4.96. The van der Waals surface area contributed by atoms with Crippen LogP contribution in [-0.2, 0) is 19.7 Å². The number of nitro benzene ring substituents is 1. The number of ketones is 1. The summed E-state index contributed by atoms with van der Waals surface area (Å²) in [5, 5.41) is 10.8. The molecule has 1 saturated carbocycles. The Hall–Kier alpha value is -2.24. The largest absolute Gasteiger partial charge is 0.466 e. The Morgan fingerprint density at radius 2 is 2.15 bits per heavy atom. The Labute approximate surface area is 115 Å². The van der Waals surface area contributed by atoms with Crippen LogP contribution in [0.4, 0.5) is 5.69 Å². The van der Waals surface area contributed by atoms with Gasteiger partial charge in [0.05, 0.1) is 18.0 Å². The molecule has 1 aliphatic carbocycles. The Bertz CT molecular complexity index is 558. The molecule has 0 atom stereocenters. The highest BCUT2D eigenvalue weighted by molar-refractivity contribution is 5.91. The molecular weight excluding hydrogens is 262 g/mol. The summed E-state index contributed by atoms with van der Waals surface area (Å²) >= 11 is 0. The van der Waals surface area contributed by atoms with Crippen LogP contribution < -0.4 is 0 Å². The van der Waals surface area contributed by atoms with Crippen molar-refractivity contribution in [3.05, 3.63) is 39.9 Å². The second kappa shape index (κ2) is 5.40. The molecule has 6 heteroatoms. The molecule has 2 rings (SSSR count). The molecule has 20 heavy (non-hydrogen) atoms. The van der Waals surface area contributed by atoms with Gasteiger partial charge >= 0.3 is 5.97 Å². The predicted molar refractivity (Wildman–Crippen MR) is 70.3 cm³/mol. The van der Waals surface area contributed by atoms with Crippen LogP contribution in [0, 0.1) is 10.1 Å². The highest BCUT2D eigenvalue weighted by atomic mass is 16.6. The van der Waals surface area contributed by atoms with Gasteiger partial charge in [-0.05, 0) is 12.5 Å². The van der Waals surface area contributed by atoms with Gasteiger partial charge < -0.3 is 4.74 Å². The minimum absolute atomic E-state index is 0.0370. The zero-order chi connectivity index (χ0) is 14.8. The molecule has 106 valence electrons. The van der Waals surface area contributed by atoms with Crippen LogP contribution in [0.2, 0.25) is 0 Å². The van der Waals surface area contributed by atoms with Crippen LogP contribution in [0.5, 0.6) is 0 Å². The summed E-state index contributed by atoms with van der Waals surface area (Å²) in [5.41, 5.74) is -0.0283. The SMILES string of the molecule is CCOC(=O)CC1(c2cccc([N+](=O)[O-])c2)CC(=O)C1. The summed E-state index contributed by atoms with van der Waals surface area (Å²) in [6.45, 7) is 1.99. The average Bonchev–Trinajstić information content (AvgIpc) is 2.37. The smallest absolute Gasteiger partial charge is 0.306 e. The lowest BCUT2D eigenvalue weighted by molar-refractivity contribution is -0.385. The van der Waals surface area contributed by atoms with Gasteiger partial charge in [0.25, 0.3) is 5.69 Å². The van der Waals surface area contributed by atoms with Crippen LogP contribution in [-0.4, -0.2) is 23.3 Å². The molecule has 0 amide bonds. The van der Waals surface area contributed by atoms with E-state index in [1.165, 1.54) is 12.1 Å². The van der Waals surface area contributed by atoms with Crippen molar-refractivity contribution in [2.45, 2.75) is 31.6 Å². The van der Waals surface area contributed by atoms with Crippen molar-refractivity contribution >= 4 is 17.4 Å². The number of carbonyl (C=O) groups is 2. The Morgan fingerprint density at radius 1 is 1.45 bits per heavy atom. The van der Waals surface area contributed by atoms with Crippen molar-refractivity contribution in [1.82, 2.24) is 0 Å². The molecule has 0 spiro atoms. The number of hydrogen-bond donors (Lipinski definition) is 0. The molecule has 0 unspecified atom stereocenters. The molecule has 1 aromatic rings. The molecule has 1 fully saturated rings. The fraction of sp³-hybridized carbons (Fsp3) is 0.429. The number of rotatable bonds is 5. The third-order valence-corrected chi connectivity index (χ3v) is 3.53. The Kier molecular flexibility index (Phi) is 3.83. The van der Waals surface area contributed by atoms with Crippen molar-refractivity contribution in [1.29, 1.82) is 0 Å². The van der Waals surface area contributed by atoms with Gasteiger partial charge in [-0.1, -0.05) is 12.1 Å². The molecule has 1 aromatic carbocycles. The number of non-ortho nitro benzene ring substituents is 1. The highest BCUT2D eigenvalue weighted by Gasteiger charge is 2.47. The van der Waals surface area contributed by atoms with Gasteiger partial charge in [0, 0.05) is 30.4 Å². The summed E-state index contributed by atoms with van der Waals surface area (Å²) in [6.07, 6.45) is 0.535. The number of carbonyl (C=O) groups excluding carboxylic acids is 2. The fourth-order valence-corrected chi connectivity index (χ4v) is 2.57. The van der Waals surface area contributed by atoms with E-state index in [0.717, 1.165) is 0 Å². The lowest BCUT2D eigenvalue weighted by Gasteiger charge is -2.40. The topological polar surface area (TPSA) is 86.5 Å². The maximum atomic E-state index is 11.7. The highest BCUT2D eigenvalue weighted by Crippen LogP contribution is 2.45. The molecule has 0 N–H and O–H groups in total. The van der Waals surface area contributed by atoms with Crippen molar-refractivity contribution < 1.29 is 19.2 Å². The van der Waals surface area contributed by atoms with Crippen molar-refractivity contribution in [3.63, 3.8) is 0 Å². The third-order valence-electron chi connectivity index (χ3n) is 3.53. The van der Waals surface area contributed by atoms with Gasteiger partial charge in [0.15, 0.2) is 0 Å². The van der Waals surface area contributed by atoms with Crippen molar-refractivity contribution in [3.8, 4) is 0 Å². The van der Waals surface area contributed by atoms with E-state index in [1.54, 1.807) is 19.1 Å². The minimum Gasteiger partial charge on any atom is -0.466 e. The van der Waals surface area contributed by atoms with Crippen LogP contribution >= 0.6 is 0 Å². The molecule has 0 radical (unpaired) electrons. The molecule has 6 nitrogen and oxygen atoms in total. The van der Waals surface area contributed by atoms with Crippen molar-refractivity contribution in [2.75, 3.05) is 6.61 Å². The number of nitrogens with zero attached hydrogens (tertiary/aromatic N) is 1. The van der Waals surface area contributed by atoms with E-state index in [-0.39, 0.29) is 43.3 Å². The van der Waals surface area contributed by atoms with Gasteiger partial charge in [-0.3, -0.25) is 19.7 Å². The number of ether oxygens (including phenoxy) is 1. The van der Waals surface area contributed by atoms with E-state index in [1.807, 2.05) is 0 Å². The van der Waals surface area contributed by atoms with Crippen LogP contribution in [0.15, 0.2) is 24.3 Å². The molecular formula is C14H15NO5. The number of Topliss-reactive ketones (excluding diaryl/α,β-unsaturated/α-hetero) is 1. The van der Waals surface area contributed by atoms with E-state index in [9.17, 15) is 19.7 Å². The molecule has 0 heterocycles. The molecule has 0 saturated heterocycles. The lowest BCUT2D eigenvalue weighted by Crippen LogP contribution is -2.43. The maximum absolute atomic E-state index is 11.7. The Morgan fingerprint density at radius 3 is 2.70 bits per heavy atom. The first-order valence-electron chi connectivity index (χ1n) is 6.39. The van der Waals surface area contributed by atoms with E-state index < -0.39 is 10.3 Å². The zero-order valence-electron chi connectivity index (χ0n) is 11.1. The summed E-state index contributed by atoms with van der Waals surface area (Å²) < 4.78 is 4.92. The average molecular weight is 277 g/mol.